The van der Waals surface area contributed by atoms with Gasteiger partial charge in [-0.05, 0) is 0 Å². The Morgan fingerprint density at radius 1 is 0.778 bits per heavy atom. The molecule has 0 aliphatic heterocycles. The number of hydrogen-bond donors (Lipinski definition) is 0. The summed E-state index contributed by atoms with van der Waals surface area (Å²) >= 11 is 0. The minimum absolute atomic E-state index is 0. The predicted molar refractivity (Wildman–Crippen MR) is 56.2 cm³/mol. The molecule has 0 bridgehead atoms. The van der Waals surface area contributed by atoms with Gasteiger partial charge in [-0.25, -0.2) is 16.8 Å². The first-order valence-electron chi connectivity index (χ1n) is 3.65. The summed E-state index contributed by atoms with van der Waals surface area (Å²) in [6, 6.07) is 0. The topological polar surface area (TPSA) is 133 Å². The van der Waals surface area contributed by atoms with E-state index in [-0.39, 0.29) is 83.8 Å². The monoisotopic (exact) mass is 358 g/mol. The summed E-state index contributed by atoms with van der Waals surface area (Å²) in [6.07, 6.45) is 0. The third-order valence-corrected chi connectivity index (χ3v) is 4.12. The van der Waals surface area contributed by atoms with Gasteiger partial charge in [-0.2, -0.15) is 0 Å². The molecule has 18 heavy (non-hydrogen) atoms. The summed E-state index contributed by atoms with van der Waals surface area (Å²) in [4.78, 5) is 0. The Hall–Kier alpha value is 2.44. The molecule has 0 saturated carbocycles. The van der Waals surface area contributed by atoms with Crippen molar-refractivity contribution < 1.29 is 93.4 Å². The quantitative estimate of drug-likeness (QED) is 0.129. The van der Waals surface area contributed by atoms with Gasteiger partial charge in [0.25, 0.3) is 0 Å². The van der Waals surface area contributed by atoms with Crippen LogP contribution in [0.3, 0.4) is 0 Å². The zero-order chi connectivity index (χ0) is 12.7. The van der Waals surface area contributed by atoms with Gasteiger partial charge in [0, 0.05) is 11.5 Å². The van der Waals surface area contributed by atoms with Crippen LogP contribution in [-0.4, -0.2) is 50.7 Å². The normalized spacial score (nSPS) is 11.4. The minimum Gasteiger partial charge on any atom is -0.726 e. The first kappa shape index (κ1) is 25.4. The first-order valence-corrected chi connectivity index (χ1v) is 8.81. The van der Waals surface area contributed by atoms with Gasteiger partial charge in [-0.15, -0.1) is 0 Å². The Balaban J connectivity index is -0.00000112. The fourth-order valence-corrected chi connectivity index (χ4v) is 2.90. The van der Waals surface area contributed by atoms with Crippen LogP contribution in [0, 0.1) is 0 Å². The van der Waals surface area contributed by atoms with E-state index in [0.717, 1.165) is 21.6 Å². The van der Waals surface area contributed by atoms with E-state index in [4.69, 9.17) is 0 Å². The molecule has 8 nitrogen and oxygen atoms in total. The molecule has 0 heterocycles. The van der Waals surface area contributed by atoms with Crippen molar-refractivity contribution in [1.29, 1.82) is 0 Å². The van der Waals surface area contributed by atoms with Crippen LogP contribution in [0.4, 0.5) is 0 Å². The van der Waals surface area contributed by atoms with Crippen LogP contribution < -0.4 is 59.1 Å². The van der Waals surface area contributed by atoms with Crippen LogP contribution >= 0.6 is 21.6 Å². The summed E-state index contributed by atoms with van der Waals surface area (Å²) < 4.78 is 67.6. The molecule has 0 aromatic heterocycles. The number of rotatable bonds is 9. The summed E-state index contributed by atoms with van der Waals surface area (Å²) in [5.74, 6) is 0.465. The van der Waals surface area contributed by atoms with E-state index in [1.54, 1.807) is 0 Å². The van der Waals surface area contributed by atoms with Crippen LogP contribution in [0.5, 0.6) is 0 Å². The van der Waals surface area contributed by atoms with Crippen LogP contribution in [0.25, 0.3) is 0 Å². The van der Waals surface area contributed by atoms with Crippen LogP contribution in [0.2, 0.25) is 0 Å². The zero-order valence-electron chi connectivity index (χ0n) is 9.73. The molecule has 0 radical (unpaired) electrons. The van der Waals surface area contributed by atoms with Crippen molar-refractivity contribution in [3.8, 4) is 0 Å². The molecule has 0 fully saturated rings. The maximum absolute atomic E-state index is 9.96. The molecule has 98 valence electrons. The van der Waals surface area contributed by atoms with Gasteiger partial charge < -0.3 is 9.11 Å². The fourth-order valence-electron chi connectivity index (χ4n) is 0.458. The van der Waals surface area contributed by atoms with E-state index in [1.165, 1.54) is 0 Å². The molecular formula is C4H8Na2O8S4. The van der Waals surface area contributed by atoms with E-state index in [0.29, 0.717) is 0 Å². The summed E-state index contributed by atoms with van der Waals surface area (Å²) in [6.45, 7) is -0.519. The average molecular weight is 358 g/mol. The van der Waals surface area contributed by atoms with E-state index < -0.39 is 20.8 Å². The maximum atomic E-state index is 9.96. The second-order valence-electron chi connectivity index (χ2n) is 2.10. The average Bonchev–Trinajstić information content (AvgIpc) is 2.06. The minimum atomic E-state index is -4.66. The van der Waals surface area contributed by atoms with Crippen molar-refractivity contribution in [2.24, 2.45) is 0 Å². The Morgan fingerprint density at radius 2 is 1.06 bits per heavy atom. The summed E-state index contributed by atoms with van der Waals surface area (Å²) in [5, 5.41) is 0. The second-order valence-corrected chi connectivity index (χ2v) is 6.91. The third-order valence-electron chi connectivity index (χ3n) is 0.872. The molecule has 0 rings (SSSR count). The first-order chi connectivity index (χ1) is 7.21. The van der Waals surface area contributed by atoms with Crippen molar-refractivity contribution in [3.05, 3.63) is 0 Å². The van der Waals surface area contributed by atoms with Crippen molar-refractivity contribution in [2.75, 3.05) is 24.7 Å². The smallest absolute Gasteiger partial charge is 0.726 e. The van der Waals surface area contributed by atoms with Gasteiger partial charge in [0.05, 0.1) is 13.2 Å². The molecule has 0 aromatic carbocycles. The van der Waals surface area contributed by atoms with E-state index in [9.17, 15) is 25.9 Å². The Morgan fingerprint density at radius 3 is 1.28 bits per heavy atom. The molecule has 0 saturated heterocycles. The van der Waals surface area contributed by atoms with Crippen molar-refractivity contribution >= 4 is 42.4 Å². The van der Waals surface area contributed by atoms with Crippen molar-refractivity contribution in [3.63, 3.8) is 0 Å². The van der Waals surface area contributed by atoms with Crippen LogP contribution in [-0.2, 0) is 29.2 Å². The van der Waals surface area contributed by atoms with Gasteiger partial charge in [0.2, 0.25) is 20.8 Å². The number of hydrogen-bond acceptors (Lipinski definition) is 10. The van der Waals surface area contributed by atoms with E-state index in [1.807, 2.05) is 0 Å². The molecule has 0 aromatic rings. The Kier molecular flexibility index (Phi) is 18.5. The predicted octanol–water partition coefficient (Wildman–Crippen LogP) is -6.67. The zero-order valence-corrected chi connectivity index (χ0v) is 17.0. The van der Waals surface area contributed by atoms with E-state index in [2.05, 4.69) is 8.37 Å². The molecular weight excluding hydrogens is 350 g/mol. The van der Waals surface area contributed by atoms with Crippen LogP contribution in [0.15, 0.2) is 0 Å². The SMILES string of the molecule is O=S(=O)([O-])OCCSSCCOS(=O)(=O)[O-].[Na+].[Na+]. The second kappa shape index (κ2) is 13.1. The van der Waals surface area contributed by atoms with Gasteiger partial charge in [-0.1, -0.05) is 21.6 Å². The summed E-state index contributed by atoms with van der Waals surface area (Å²) in [5.41, 5.74) is 0. The van der Waals surface area contributed by atoms with Gasteiger partial charge >= 0.3 is 59.1 Å². The summed E-state index contributed by atoms with van der Waals surface area (Å²) in [7, 11) is -7.01. The molecule has 14 heteroatoms. The molecule has 0 amide bonds. The molecule has 0 N–H and O–H groups in total. The fraction of sp³-hybridized carbons (Fsp3) is 1.00. The van der Waals surface area contributed by atoms with Gasteiger partial charge in [0.15, 0.2) is 0 Å². The molecule has 0 unspecified atom stereocenters. The molecule has 0 aliphatic rings. The van der Waals surface area contributed by atoms with Gasteiger partial charge in [0.1, 0.15) is 0 Å². The Labute approximate surface area is 158 Å². The molecule has 0 aliphatic carbocycles. The van der Waals surface area contributed by atoms with E-state index >= 15 is 0 Å². The van der Waals surface area contributed by atoms with Crippen molar-refractivity contribution in [2.45, 2.75) is 0 Å². The third kappa shape index (κ3) is 23.5. The Bertz CT molecular complexity index is 342. The molecule has 0 atom stereocenters. The van der Waals surface area contributed by atoms with Crippen molar-refractivity contribution in [1.82, 2.24) is 0 Å². The largest absolute Gasteiger partial charge is 1.00 e. The maximum Gasteiger partial charge on any atom is 1.00 e. The standard InChI is InChI=1S/C4H10O8S4.2Na/c5-15(6,7)11-1-3-13-14-4-2-12-16(8,9)10;;/h1-4H2,(H,5,6,7)(H,8,9,10);;/q;2*+1/p-2. The van der Waals surface area contributed by atoms with Crippen LogP contribution in [0.1, 0.15) is 0 Å². The van der Waals surface area contributed by atoms with Gasteiger partial charge in [-0.3, -0.25) is 8.37 Å². The molecule has 0 spiro atoms.